The number of hydrogen-bond acceptors (Lipinski definition) is 3. The van der Waals surface area contributed by atoms with Crippen LogP contribution in [0, 0.1) is 36.2 Å². The van der Waals surface area contributed by atoms with Crippen molar-refractivity contribution in [2.45, 2.75) is 109 Å². The molecule has 3 saturated carbocycles. The fourth-order valence-electron chi connectivity index (χ4n) is 6.11. The van der Waals surface area contributed by atoms with Gasteiger partial charge in [0.15, 0.2) is 6.29 Å². The van der Waals surface area contributed by atoms with Gasteiger partial charge in [0, 0.05) is 11.8 Å². The predicted octanol–water partition coefficient (Wildman–Crippen LogP) is 5.92. The van der Waals surface area contributed by atoms with E-state index in [1.807, 2.05) is 0 Å². The Bertz CT molecular complexity index is 420. The van der Waals surface area contributed by atoms with Gasteiger partial charge in [-0.2, -0.15) is 0 Å². The average molecular weight is 407 g/mol. The molecule has 0 amide bonds. The van der Waals surface area contributed by atoms with Crippen LogP contribution in [0.2, 0.25) is 0 Å². The van der Waals surface area contributed by atoms with Gasteiger partial charge >= 0.3 is 11.3 Å². The summed E-state index contributed by atoms with van der Waals surface area (Å²) in [6.45, 7) is 10.9. The van der Waals surface area contributed by atoms with E-state index in [4.69, 9.17) is 18.9 Å². The van der Waals surface area contributed by atoms with Gasteiger partial charge in [0.2, 0.25) is 0 Å². The Labute approximate surface area is 178 Å². The standard InChI is InChI=1S/C24H42O3.CO/c1-17-3-5-19(6-4-17)20-7-11-22(12-8-20)27-23-13-9-21(10-14-23)24-25-15-18(2)16-26-24;1-2/h17-24H,3-16H2,1-2H3;. The second-order valence-electron chi connectivity index (χ2n) is 10.4. The summed E-state index contributed by atoms with van der Waals surface area (Å²) in [6, 6.07) is 0. The van der Waals surface area contributed by atoms with E-state index >= 15 is 0 Å². The van der Waals surface area contributed by atoms with Crippen LogP contribution < -0.4 is 0 Å². The Hall–Kier alpha value is -0.380. The first-order valence-electron chi connectivity index (χ1n) is 12.3. The van der Waals surface area contributed by atoms with Gasteiger partial charge in [-0.3, -0.25) is 0 Å². The molecule has 166 valence electrons. The summed E-state index contributed by atoms with van der Waals surface area (Å²) in [5, 5.41) is 0. The molecule has 4 rings (SSSR count). The Morgan fingerprint density at radius 3 is 1.48 bits per heavy atom. The van der Waals surface area contributed by atoms with E-state index in [1.54, 1.807) is 0 Å². The number of rotatable bonds is 4. The minimum absolute atomic E-state index is 0.0517. The van der Waals surface area contributed by atoms with E-state index in [1.165, 1.54) is 77.0 Å². The minimum atomic E-state index is 0.0517. The fraction of sp³-hybridized carbons (Fsp3) is 0.960. The Morgan fingerprint density at radius 1 is 0.586 bits per heavy atom. The molecule has 0 unspecified atom stereocenters. The molecule has 0 radical (unpaired) electrons. The maximum atomic E-state index is 7.50. The summed E-state index contributed by atoms with van der Waals surface area (Å²) < 4.78 is 25.9. The second kappa shape index (κ2) is 11.9. The third kappa shape index (κ3) is 6.80. The van der Waals surface area contributed by atoms with Crippen LogP contribution >= 0.6 is 0 Å². The molecule has 0 aromatic rings. The summed E-state index contributed by atoms with van der Waals surface area (Å²) >= 11 is 0. The third-order valence-corrected chi connectivity index (χ3v) is 8.02. The van der Waals surface area contributed by atoms with Crippen molar-refractivity contribution in [3.8, 4) is 0 Å². The molecule has 0 spiro atoms. The Balaban J connectivity index is 0.00000117. The van der Waals surface area contributed by atoms with Crippen LogP contribution in [0.4, 0.5) is 0 Å². The first kappa shape index (κ1) is 23.3. The second-order valence-corrected chi connectivity index (χ2v) is 10.4. The van der Waals surface area contributed by atoms with Crippen molar-refractivity contribution < 1.29 is 18.9 Å². The van der Waals surface area contributed by atoms with E-state index in [2.05, 4.69) is 20.5 Å². The summed E-state index contributed by atoms with van der Waals surface area (Å²) in [5.41, 5.74) is 0. The normalized spacial score (nSPS) is 43.7. The van der Waals surface area contributed by atoms with Crippen molar-refractivity contribution in [2.75, 3.05) is 13.2 Å². The van der Waals surface area contributed by atoms with Gasteiger partial charge in [0.1, 0.15) is 0 Å². The van der Waals surface area contributed by atoms with Crippen LogP contribution in [0.25, 0.3) is 0 Å². The molecule has 4 nitrogen and oxygen atoms in total. The molecule has 29 heavy (non-hydrogen) atoms. The van der Waals surface area contributed by atoms with Gasteiger partial charge < -0.3 is 14.2 Å². The van der Waals surface area contributed by atoms with Crippen LogP contribution in [0.3, 0.4) is 0 Å². The first-order chi connectivity index (χ1) is 14.2. The third-order valence-electron chi connectivity index (χ3n) is 8.02. The van der Waals surface area contributed by atoms with Crippen LogP contribution in [-0.2, 0) is 18.9 Å². The summed E-state index contributed by atoms with van der Waals surface area (Å²) in [4.78, 5) is 0. The van der Waals surface area contributed by atoms with E-state index < -0.39 is 0 Å². The molecule has 0 bridgehead atoms. The molecule has 4 aliphatic rings. The number of ether oxygens (including phenoxy) is 3. The van der Waals surface area contributed by atoms with Crippen LogP contribution in [0.5, 0.6) is 0 Å². The van der Waals surface area contributed by atoms with Gasteiger partial charge in [-0.15, -0.1) is 0 Å². The van der Waals surface area contributed by atoms with Crippen LogP contribution in [0.1, 0.15) is 90.9 Å². The van der Waals surface area contributed by atoms with Gasteiger partial charge in [0.05, 0.1) is 25.4 Å². The van der Waals surface area contributed by atoms with Gasteiger partial charge in [0.25, 0.3) is 0 Å². The van der Waals surface area contributed by atoms with Crippen LogP contribution in [-0.4, -0.2) is 31.7 Å². The molecule has 1 aliphatic heterocycles. The van der Waals surface area contributed by atoms with Crippen molar-refractivity contribution in [1.29, 1.82) is 0 Å². The number of hydrogen-bond donors (Lipinski definition) is 0. The van der Waals surface area contributed by atoms with Crippen molar-refractivity contribution in [2.24, 2.45) is 29.6 Å². The van der Waals surface area contributed by atoms with E-state index in [0.29, 0.717) is 24.0 Å². The van der Waals surface area contributed by atoms with Crippen LogP contribution in [0.15, 0.2) is 0 Å². The topological polar surface area (TPSA) is 47.6 Å². The maximum absolute atomic E-state index is 7.50. The summed E-state index contributed by atoms with van der Waals surface area (Å²) in [6.07, 6.45) is 17.3. The van der Waals surface area contributed by atoms with Gasteiger partial charge in [-0.1, -0.05) is 26.7 Å². The molecule has 0 aromatic carbocycles. The van der Waals surface area contributed by atoms with Crippen molar-refractivity contribution in [3.05, 3.63) is 6.65 Å². The fourth-order valence-corrected chi connectivity index (χ4v) is 6.11. The average Bonchev–Trinajstić information content (AvgIpc) is 2.78. The molecule has 0 aromatic heterocycles. The zero-order valence-electron chi connectivity index (χ0n) is 18.7. The molecule has 3 aliphatic carbocycles. The molecule has 4 heteroatoms. The summed E-state index contributed by atoms with van der Waals surface area (Å²) in [7, 11) is 0. The van der Waals surface area contributed by atoms with Crippen molar-refractivity contribution in [3.63, 3.8) is 0 Å². The van der Waals surface area contributed by atoms with Gasteiger partial charge in [-0.25, -0.2) is 0 Å². The van der Waals surface area contributed by atoms with Gasteiger partial charge in [-0.05, 0) is 82.0 Å². The molecular formula is C25H42O4. The molecular weight excluding hydrogens is 364 g/mol. The van der Waals surface area contributed by atoms with E-state index in [0.717, 1.165) is 31.0 Å². The molecule has 1 heterocycles. The monoisotopic (exact) mass is 406 g/mol. The predicted molar refractivity (Wildman–Crippen MR) is 112 cm³/mol. The zero-order chi connectivity index (χ0) is 20.6. The summed E-state index contributed by atoms with van der Waals surface area (Å²) in [5.74, 6) is 4.13. The Kier molecular flexibility index (Phi) is 9.53. The molecule has 0 atom stereocenters. The van der Waals surface area contributed by atoms with Crippen molar-refractivity contribution in [1.82, 2.24) is 0 Å². The Morgan fingerprint density at radius 2 is 1.00 bits per heavy atom. The molecule has 1 saturated heterocycles. The van der Waals surface area contributed by atoms with E-state index in [9.17, 15) is 0 Å². The van der Waals surface area contributed by atoms with E-state index in [-0.39, 0.29) is 6.29 Å². The first-order valence-corrected chi connectivity index (χ1v) is 12.3. The quantitative estimate of drug-likeness (QED) is 0.430. The molecule has 4 fully saturated rings. The SMILES string of the molecule is CC1CCC(C2CCC(OC3CCC(C4OCC(C)CO4)CC3)CC2)CC1.[C-]#[O+]. The van der Waals surface area contributed by atoms with Crippen molar-refractivity contribution >= 4 is 0 Å². The molecule has 0 N–H and O–H groups in total. The zero-order valence-corrected chi connectivity index (χ0v) is 18.7.